The fourth-order valence-corrected chi connectivity index (χ4v) is 4.74. The third-order valence-electron chi connectivity index (χ3n) is 3.04. The van der Waals surface area contributed by atoms with Gasteiger partial charge in [0.1, 0.15) is 5.75 Å². The fourth-order valence-electron chi connectivity index (χ4n) is 2.05. The summed E-state index contributed by atoms with van der Waals surface area (Å²) < 4.78 is 32.9. The van der Waals surface area contributed by atoms with Gasteiger partial charge in [-0.15, -0.1) is 4.40 Å². The molecule has 8 heteroatoms. The van der Waals surface area contributed by atoms with E-state index in [9.17, 15) is 8.42 Å². The zero-order chi connectivity index (χ0) is 14.3. The average molecular weight is 375 g/mol. The van der Waals surface area contributed by atoms with Gasteiger partial charge in [-0.1, -0.05) is 11.8 Å². The number of hydrogen-bond acceptors (Lipinski definition) is 5. The number of fused-ring (bicyclic) bond motifs is 1. The number of sulfonamides is 1. The van der Waals surface area contributed by atoms with Crippen molar-refractivity contribution in [1.29, 1.82) is 0 Å². The Balaban J connectivity index is 1.96. The lowest BCUT2D eigenvalue weighted by Crippen LogP contribution is -2.34. The maximum Gasteiger partial charge on any atom is 0.257 e. The molecule has 0 atom stereocenters. The Morgan fingerprint density at radius 1 is 1.45 bits per heavy atom. The summed E-state index contributed by atoms with van der Waals surface area (Å²) in [6.45, 7) is 0.434. The largest absolute Gasteiger partial charge is 0.496 e. The Bertz CT molecular complexity index is 728. The molecule has 5 nitrogen and oxygen atoms in total. The highest BCUT2D eigenvalue weighted by Gasteiger charge is 2.31. The van der Waals surface area contributed by atoms with Gasteiger partial charge in [0.25, 0.3) is 10.0 Å². The number of ether oxygens (including phenoxy) is 1. The molecule has 1 aromatic carbocycles. The molecule has 2 heterocycles. The predicted molar refractivity (Wildman–Crippen MR) is 84.2 cm³/mol. The number of amidine groups is 1. The van der Waals surface area contributed by atoms with Crippen LogP contribution in [0.4, 0.5) is 0 Å². The van der Waals surface area contributed by atoms with Gasteiger partial charge in [-0.2, -0.15) is 0 Å². The molecule has 0 saturated heterocycles. The van der Waals surface area contributed by atoms with Gasteiger partial charge in [-0.3, -0.25) is 0 Å². The lowest BCUT2D eigenvalue weighted by atomic mass is 10.1. The van der Waals surface area contributed by atoms with E-state index in [2.05, 4.69) is 20.3 Å². The van der Waals surface area contributed by atoms with Crippen molar-refractivity contribution in [3.63, 3.8) is 0 Å². The number of halogens is 1. The van der Waals surface area contributed by atoms with E-state index in [1.54, 1.807) is 7.11 Å². The number of rotatable bonds is 2. The van der Waals surface area contributed by atoms with Gasteiger partial charge in [0.15, 0.2) is 5.17 Å². The molecule has 0 N–H and O–H groups in total. The second kappa shape index (κ2) is 5.09. The zero-order valence-electron chi connectivity index (χ0n) is 10.5. The summed E-state index contributed by atoms with van der Waals surface area (Å²) in [6.07, 6.45) is 0. The standard InChI is InChI=1S/C12H11BrN2O3S2/c1-18-11-3-2-8(6-9(11)13)10-7-19-12-14-20(16,17)5-4-15(10)12/h2-3,6-7H,4-5H2,1H3. The van der Waals surface area contributed by atoms with Crippen molar-refractivity contribution in [3.8, 4) is 5.75 Å². The number of nitrogens with zero attached hydrogens (tertiary/aromatic N) is 2. The molecule has 0 radical (unpaired) electrons. The first-order chi connectivity index (χ1) is 9.50. The number of methoxy groups -OCH3 is 1. The van der Waals surface area contributed by atoms with E-state index in [0.29, 0.717) is 11.7 Å². The second-order valence-electron chi connectivity index (χ2n) is 4.28. The quantitative estimate of drug-likeness (QED) is 0.795. The van der Waals surface area contributed by atoms with Crippen molar-refractivity contribution in [2.24, 2.45) is 4.40 Å². The molecule has 0 bridgehead atoms. The van der Waals surface area contributed by atoms with E-state index < -0.39 is 10.0 Å². The van der Waals surface area contributed by atoms with Crippen LogP contribution in [0.1, 0.15) is 5.56 Å². The van der Waals surface area contributed by atoms with Crippen LogP contribution in [0.15, 0.2) is 32.5 Å². The highest BCUT2D eigenvalue weighted by molar-refractivity contribution is 9.10. The van der Waals surface area contributed by atoms with Crippen LogP contribution in [0.3, 0.4) is 0 Å². The van der Waals surface area contributed by atoms with Crippen LogP contribution in [-0.4, -0.2) is 37.9 Å². The molecule has 1 aromatic rings. The van der Waals surface area contributed by atoms with Crippen molar-refractivity contribution in [2.45, 2.75) is 0 Å². The van der Waals surface area contributed by atoms with Crippen LogP contribution < -0.4 is 4.74 Å². The maximum absolute atomic E-state index is 11.5. The molecule has 106 valence electrons. The first-order valence-corrected chi connectivity index (χ1v) is 9.09. The van der Waals surface area contributed by atoms with Crippen LogP contribution in [0.25, 0.3) is 5.70 Å². The fraction of sp³-hybridized carbons (Fsp3) is 0.250. The number of thioether (sulfide) groups is 1. The minimum absolute atomic E-state index is 0.0473. The molecule has 0 saturated carbocycles. The van der Waals surface area contributed by atoms with E-state index >= 15 is 0 Å². The molecule has 20 heavy (non-hydrogen) atoms. The Morgan fingerprint density at radius 3 is 2.95 bits per heavy atom. The Morgan fingerprint density at radius 2 is 2.25 bits per heavy atom. The molecule has 2 aliphatic rings. The summed E-state index contributed by atoms with van der Waals surface area (Å²) in [7, 11) is -1.68. The summed E-state index contributed by atoms with van der Waals surface area (Å²) in [5.41, 5.74) is 1.96. The summed E-state index contributed by atoms with van der Waals surface area (Å²) in [5.74, 6) is 0.807. The van der Waals surface area contributed by atoms with Gasteiger partial charge in [-0.25, -0.2) is 8.42 Å². The molecule has 0 fully saturated rings. The summed E-state index contributed by atoms with van der Waals surface area (Å²) >= 11 is 4.79. The summed E-state index contributed by atoms with van der Waals surface area (Å²) in [4.78, 5) is 1.93. The Kier molecular flexibility index (Phi) is 3.55. The lowest BCUT2D eigenvalue weighted by molar-refractivity contribution is 0.412. The van der Waals surface area contributed by atoms with E-state index in [-0.39, 0.29) is 5.75 Å². The van der Waals surface area contributed by atoms with Gasteiger partial charge >= 0.3 is 0 Å². The third kappa shape index (κ3) is 2.47. The van der Waals surface area contributed by atoms with E-state index in [1.807, 2.05) is 28.5 Å². The molecular weight excluding hydrogens is 364 g/mol. The van der Waals surface area contributed by atoms with E-state index in [4.69, 9.17) is 4.74 Å². The monoisotopic (exact) mass is 374 g/mol. The van der Waals surface area contributed by atoms with Crippen molar-refractivity contribution in [1.82, 2.24) is 4.90 Å². The van der Waals surface area contributed by atoms with Crippen LogP contribution in [0.5, 0.6) is 5.75 Å². The van der Waals surface area contributed by atoms with Crippen LogP contribution in [0, 0.1) is 0 Å². The average Bonchev–Trinajstić information content (AvgIpc) is 2.80. The van der Waals surface area contributed by atoms with Gasteiger partial charge in [0.2, 0.25) is 0 Å². The molecule has 2 aliphatic heterocycles. The minimum Gasteiger partial charge on any atom is -0.496 e. The van der Waals surface area contributed by atoms with Crippen LogP contribution in [-0.2, 0) is 10.0 Å². The first-order valence-electron chi connectivity index (χ1n) is 5.81. The second-order valence-corrected chi connectivity index (χ2v) is 7.73. The number of benzene rings is 1. The first kappa shape index (κ1) is 14.0. The third-order valence-corrected chi connectivity index (χ3v) is 5.78. The van der Waals surface area contributed by atoms with Gasteiger partial charge in [0.05, 0.1) is 23.0 Å². The SMILES string of the molecule is COc1ccc(C2=CSC3=NS(=O)(=O)CCN23)cc1Br. The maximum atomic E-state index is 11.5. The summed E-state index contributed by atoms with van der Waals surface area (Å²) in [5, 5.41) is 2.45. The normalized spacial score (nSPS) is 20.2. The van der Waals surface area contributed by atoms with Crippen LogP contribution in [0.2, 0.25) is 0 Å². The predicted octanol–water partition coefficient (Wildman–Crippen LogP) is 2.50. The molecule has 0 aliphatic carbocycles. The van der Waals surface area contributed by atoms with Crippen molar-refractivity contribution in [2.75, 3.05) is 19.4 Å². The van der Waals surface area contributed by atoms with Crippen LogP contribution >= 0.6 is 27.7 Å². The van der Waals surface area contributed by atoms with E-state index in [1.165, 1.54) is 11.8 Å². The Hall–Kier alpha value is -0.990. The highest BCUT2D eigenvalue weighted by atomic mass is 79.9. The molecule has 0 aromatic heterocycles. The van der Waals surface area contributed by atoms with Gasteiger partial charge < -0.3 is 9.64 Å². The molecular formula is C12H11BrN2O3S2. The van der Waals surface area contributed by atoms with Crippen molar-refractivity contribution < 1.29 is 13.2 Å². The van der Waals surface area contributed by atoms with Gasteiger partial charge in [0, 0.05) is 17.5 Å². The minimum atomic E-state index is -3.30. The zero-order valence-corrected chi connectivity index (χ0v) is 13.8. The molecule has 3 rings (SSSR count). The number of hydrogen-bond donors (Lipinski definition) is 0. The Labute approximate surface area is 129 Å². The molecule has 0 amide bonds. The molecule has 0 unspecified atom stereocenters. The summed E-state index contributed by atoms with van der Waals surface area (Å²) in [6, 6.07) is 5.78. The lowest BCUT2D eigenvalue weighted by Gasteiger charge is -2.25. The topological polar surface area (TPSA) is 59.0 Å². The smallest absolute Gasteiger partial charge is 0.257 e. The van der Waals surface area contributed by atoms with Crippen molar-refractivity contribution >= 4 is 48.6 Å². The highest BCUT2D eigenvalue weighted by Crippen LogP contribution is 2.37. The van der Waals surface area contributed by atoms with Gasteiger partial charge in [-0.05, 0) is 34.1 Å². The van der Waals surface area contributed by atoms with E-state index in [0.717, 1.165) is 21.5 Å². The van der Waals surface area contributed by atoms with Crippen molar-refractivity contribution in [3.05, 3.63) is 33.6 Å². The molecule has 0 spiro atoms.